The lowest BCUT2D eigenvalue weighted by molar-refractivity contribution is 0.0710. The van der Waals surface area contributed by atoms with Gasteiger partial charge in [0.05, 0.1) is 11.7 Å². The van der Waals surface area contributed by atoms with Gasteiger partial charge in [0.25, 0.3) is 5.91 Å². The van der Waals surface area contributed by atoms with Crippen LogP contribution in [0.25, 0.3) is 22.0 Å². The van der Waals surface area contributed by atoms with Crippen LogP contribution in [0.1, 0.15) is 40.9 Å². The molecule has 0 bridgehead atoms. The van der Waals surface area contributed by atoms with Crippen molar-refractivity contribution in [2.24, 2.45) is 0 Å². The van der Waals surface area contributed by atoms with E-state index in [-0.39, 0.29) is 11.9 Å². The average Bonchev–Trinajstić information content (AvgIpc) is 3.53. The van der Waals surface area contributed by atoms with Crippen molar-refractivity contribution in [1.29, 1.82) is 0 Å². The van der Waals surface area contributed by atoms with E-state index in [0.29, 0.717) is 18.8 Å². The summed E-state index contributed by atoms with van der Waals surface area (Å²) in [5.41, 5.74) is 2.24. The van der Waals surface area contributed by atoms with Crippen molar-refractivity contribution in [3.63, 3.8) is 0 Å². The van der Waals surface area contributed by atoms with Crippen LogP contribution in [0.3, 0.4) is 0 Å². The van der Waals surface area contributed by atoms with Crippen molar-refractivity contribution in [3.05, 3.63) is 77.9 Å². The van der Waals surface area contributed by atoms with E-state index in [1.54, 1.807) is 7.11 Å². The lowest BCUT2D eigenvalue weighted by atomic mass is 10.0. The zero-order valence-electron chi connectivity index (χ0n) is 16.8. The van der Waals surface area contributed by atoms with E-state index < -0.39 is 0 Å². The Balaban J connectivity index is 1.38. The summed E-state index contributed by atoms with van der Waals surface area (Å²) in [5, 5.41) is 9.66. The van der Waals surface area contributed by atoms with Gasteiger partial charge in [-0.05, 0) is 47.9 Å². The molecule has 1 fully saturated rings. The monoisotopic (exact) mass is 401 g/mol. The number of methoxy groups -OCH3 is 1. The number of nitrogens with zero attached hydrogens (tertiary/aromatic N) is 2. The van der Waals surface area contributed by atoms with Crippen molar-refractivity contribution in [3.8, 4) is 11.3 Å². The number of likely N-dealkylation sites (tertiary alicyclic amines) is 1. The molecule has 2 aromatic heterocycles. The maximum Gasteiger partial charge on any atom is 0.272 e. The Morgan fingerprint density at radius 1 is 1.17 bits per heavy atom. The summed E-state index contributed by atoms with van der Waals surface area (Å²) in [5.74, 6) is 1.52. The summed E-state index contributed by atoms with van der Waals surface area (Å²) in [6, 6.07) is 20.0. The third-order valence-corrected chi connectivity index (χ3v) is 5.66. The number of nitrogens with one attached hydrogen (secondary N) is 1. The summed E-state index contributed by atoms with van der Waals surface area (Å²) >= 11 is 0. The van der Waals surface area contributed by atoms with Crippen molar-refractivity contribution >= 4 is 16.7 Å². The smallest absolute Gasteiger partial charge is 0.272 e. The third kappa shape index (κ3) is 3.39. The molecule has 30 heavy (non-hydrogen) atoms. The topological polar surface area (TPSA) is 71.4 Å². The molecule has 0 spiro atoms. The van der Waals surface area contributed by atoms with Crippen LogP contribution in [-0.4, -0.2) is 34.7 Å². The summed E-state index contributed by atoms with van der Waals surface area (Å²) in [4.78, 5) is 15.1. The third-order valence-electron chi connectivity index (χ3n) is 5.66. The van der Waals surface area contributed by atoms with Crippen LogP contribution < -0.4 is 0 Å². The number of furan rings is 1. The number of hydrogen-bond donors (Lipinski definition) is 1. The molecule has 6 heteroatoms. The quantitative estimate of drug-likeness (QED) is 0.514. The van der Waals surface area contributed by atoms with Gasteiger partial charge >= 0.3 is 0 Å². The number of amides is 1. The van der Waals surface area contributed by atoms with Crippen LogP contribution in [0.15, 0.2) is 65.1 Å². The molecule has 0 saturated carbocycles. The molecule has 3 heterocycles. The Hall–Kier alpha value is -3.38. The number of rotatable bonds is 5. The lowest BCUT2D eigenvalue weighted by Gasteiger charge is -2.22. The summed E-state index contributed by atoms with van der Waals surface area (Å²) < 4.78 is 11.0. The molecule has 6 nitrogen and oxygen atoms in total. The number of carbonyl (C=O) groups excluding carboxylic acids is 1. The van der Waals surface area contributed by atoms with Crippen LogP contribution in [0, 0.1) is 0 Å². The molecule has 2 aromatic carbocycles. The van der Waals surface area contributed by atoms with Gasteiger partial charge in [0.2, 0.25) is 0 Å². The molecule has 1 amide bonds. The Bertz CT molecular complexity index is 1190. The molecule has 1 aliphatic heterocycles. The molecular formula is C24H23N3O3. The second-order valence-corrected chi connectivity index (χ2v) is 7.62. The lowest BCUT2D eigenvalue weighted by Crippen LogP contribution is -2.30. The molecule has 1 N–H and O–H groups in total. The highest BCUT2D eigenvalue weighted by Crippen LogP contribution is 2.34. The molecule has 5 rings (SSSR count). The molecule has 1 atom stereocenters. The number of aromatic nitrogens is 2. The average molecular weight is 401 g/mol. The molecule has 4 aromatic rings. The van der Waals surface area contributed by atoms with Crippen LogP contribution >= 0.6 is 0 Å². The fraction of sp³-hybridized carbons (Fsp3) is 0.250. The van der Waals surface area contributed by atoms with E-state index in [2.05, 4.69) is 34.5 Å². The van der Waals surface area contributed by atoms with E-state index in [1.165, 1.54) is 5.39 Å². The first-order chi connectivity index (χ1) is 14.7. The molecule has 0 aliphatic carbocycles. The predicted molar refractivity (Wildman–Crippen MR) is 114 cm³/mol. The zero-order valence-corrected chi connectivity index (χ0v) is 16.8. The highest BCUT2D eigenvalue weighted by atomic mass is 16.5. The van der Waals surface area contributed by atoms with Crippen molar-refractivity contribution in [2.45, 2.75) is 25.5 Å². The van der Waals surface area contributed by atoms with E-state index in [4.69, 9.17) is 9.15 Å². The number of H-pyrrole nitrogens is 1. The van der Waals surface area contributed by atoms with Crippen LogP contribution in [-0.2, 0) is 11.3 Å². The largest absolute Gasteiger partial charge is 0.461 e. The van der Waals surface area contributed by atoms with E-state index in [9.17, 15) is 4.79 Å². The minimum absolute atomic E-state index is 0.0540. The number of aromatic amines is 1. The summed E-state index contributed by atoms with van der Waals surface area (Å²) in [6.07, 6.45) is 1.83. The molecule has 1 unspecified atom stereocenters. The van der Waals surface area contributed by atoms with Crippen LogP contribution in [0.5, 0.6) is 0 Å². The van der Waals surface area contributed by atoms with E-state index in [1.807, 2.05) is 41.3 Å². The Morgan fingerprint density at radius 3 is 2.90 bits per heavy atom. The first kappa shape index (κ1) is 18.6. The van der Waals surface area contributed by atoms with Gasteiger partial charge in [0, 0.05) is 19.2 Å². The highest BCUT2D eigenvalue weighted by molar-refractivity contribution is 5.94. The standard InChI is InChI=1S/C24H23N3O3/c1-29-15-19-10-11-23(30-19)22-7-4-12-27(22)24(28)21-14-20(25-26-21)18-9-8-16-5-2-3-6-17(16)13-18/h2-3,5-6,8-11,13-14,22H,4,7,12,15H2,1H3,(H,25,26). The number of hydrogen-bond acceptors (Lipinski definition) is 4. The van der Waals surface area contributed by atoms with Crippen LogP contribution in [0.2, 0.25) is 0 Å². The van der Waals surface area contributed by atoms with Gasteiger partial charge in [-0.15, -0.1) is 0 Å². The minimum atomic E-state index is -0.0597. The minimum Gasteiger partial charge on any atom is -0.461 e. The molecular weight excluding hydrogens is 378 g/mol. The van der Waals surface area contributed by atoms with Gasteiger partial charge < -0.3 is 14.1 Å². The van der Waals surface area contributed by atoms with Crippen molar-refractivity contribution in [2.75, 3.05) is 13.7 Å². The predicted octanol–water partition coefficient (Wildman–Crippen LogP) is 4.95. The van der Waals surface area contributed by atoms with E-state index >= 15 is 0 Å². The van der Waals surface area contributed by atoms with Crippen LogP contribution in [0.4, 0.5) is 0 Å². The van der Waals surface area contributed by atoms with Crippen molar-refractivity contribution in [1.82, 2.24) is 15.1 Å². The fourth-order valence-electron chi connectivity index (χ4n) is 4.18. The Kier molecular flexibility index (Phi) is 4.85. The first-order valence-electron chi connectivity index (χ1n) is 10.2. The van der Waals surface area contributed by atoms with Gasteiger partial charge in [-0.25, -0.2) is 0 Å². The maximum atomic E-state index is 13.2. The number of ether oxygens (including phenoxy) is 1. The number of fused-ring (bicyclic) bond motifs is 1. The molecule has 0 radical (unpaired) electrons. The Morgan fingerprint density at radius 2 is 2.03 bits per heavy atom. The molecule has 1 aliphatic rings. The van der Waals surface area contributed by atoms with Gasteiger partial charge in [-0.1, -0.05) is 36.4 Å². The van der Waals surface area contributed by atoms with Gasteiger partial charge in [-0.2, -0.15) is 5.10 Å². The van der Waals surface area contributed by atoms with Crippen molar-refractivity contribution < 1.29 is 13.9 Å². The van der Waals surface area contributed by atoms with Gasteiger partial charge in [-0.3, -0.25) is 9.89 Å². The number of carbonyl (C=O) groups is 1. The summed E-state index contributed by atoms with van der Waals surface area (Å²) in [6.45, 7) is 1.13. The second kappa shape index (κ2) is 7.80. The maximum absolute atomic E-state index is 13.2. The second-order valence-electron chi connectivity index (χ2n) is 7.62. The normalized spacial score (nSPS) is 16.4. The van der Waals surface area contributed by atoms with Gasteiger partial charge in [0.1, 0.15) is 23.8 Å². The highest BCUT2D eigenvalue weighted by Gasteiger charge is 2.33. The van der Waals surface area contributed by atoms with E-state index in [0.717, 1.165) is 41.0 Å². The number of benzene rings is 2. The molecule has 152 valence electrons. The molecule has 1 saturated heterocycles. The van der Waals surface area contributed by atoms with Gasteiger partial charge in [0.15, 0.2) is 0 Å². The first-order valence-corrected chi connectivity index (χ1v) is 10.2. The SMILES string of the molecule is COCc1ccc(C2CCCN2C(=O)c2cc(-c3ccc4ccccc4c3)n[nH]2)o1. The summed E-state index contributed by atoms with van der Waals surface area (Å²) in [7, 11) is 1.64. The Labute approximate surface area is 174 Å². The zero-order chi connectivity index (χ0) is 20.5. The fourth-order valence-corrected chi connectivity index (χ4v) is 4.18.